The lowest BCUT2D eigenvalue weighted by molar-refractivity contribution is -0.139. The smallest absolute Gasteiger partial charge is 0.326 e. The predicted molar refractivity (Wildman–Crippen MR) is 65.4 cm³/mol. The fourth-order valence-electron chi connectivity index (χ4n) is 1.49. The summed E-state index contributed by atoms with van der Waals surface area (Å²) in [6, 6.07) is 1.64. The van der Waals surface area contributed by atoms with Gasteiger partial charge in [-0.15, -0.1) is 0 Å². The minimum absolute atomic E-state index is 0.155. The molecule has 6 nitrogen and oxygen atoms in total. The molecule has 1 aromatic heterocycles. The van der Waals surface area contributed by atoms with Gasteiger partial charge < -0.3 is 15.4 Å². The molecule has 98 valence electrons. The molecule has 0 aromatic carbocycles. The molecule has 0 aliphatic heterocycles. The third kappa shape index (κ3) is 4.04. The molecule has 1 amide bonds. The maximum Gasteiger partial charge on any atom is 0.326 e. The zero-order valence-corrected chi connectivity index (χ0v) is 10.3. The monoisotopic (exact) mass is 252 g/mol. The number of amides is 1. The van der Waals surface area contributed by atoms with Gasteiger partial charge in [-0.25, -0.2) is 4.79 Å². The molecule has 1 unspecified atom stereocenters. The van der Waals surface area contributed by atoms with Crippen LogP contribution < -0.4 is 10.9 Å². The summed E-state index contributed by atoms with van der Waals surface area (Å²) >= 11 is 0. The molecule has 1 heterocycles. The maximum atomic E-state index is 11.8. The summed E-state index contributed by atoms with van der Waals surface area (Å²) in [6.07, 6.45) is 1.61. The van der Waals surface area contributed by atoms with Crippen LogP contribution in [0.4, 0.5) is 0 Å². The van der Waals surface area contributed by atoms with Crippen LogP contribution in [0.2, 0.25) is 0 Å². The Morgan fingerprint density at radius 3 is 2.50 bits per heavy atom. The van der Waals surface area contributed by atoms with E-state index in [4.69, 9.17) is 5.11 Å². The molecule has 0 saturated heterocycles. The second-order valence-corrected chi connectivity index (χ2v) is 4.44. The number of hydrogen-bond donors (Lipinski definition) is 3. The number of pyridine rings is 1. The van der Waals surface area contributed by atoms with E-state index in [2.05, 4.69) is 10.3 Å². The number of aliphatic carboxylic acids is 1. The highest BCUT2D eigenvalue weighted by atomic mass is 16.4. The van der Waals surface area contributed by atoms with E-state index in [1.54, 1.807) is 0 Å². The minimum atomic E-state index is -1.07. The summed E-state index contributed by atoms with van der Waals surface area (Å²) in [7, 11) is 0. The van der Waals surface area contributed by atoms with E-state index < -0.39 is 17.9 Å². The van der Waals surface area contributed by atoms with Crippen LogP contribution in [0.1, 0.15) is 30.6 Å². The normalized spacial score (nSPS) is 12.2. The van der Waals surface area contributed by atoms with Crippen molar-refractivity contribution in [1.29, 1.82) is 0 Å². The van der Waals surface area contributed by atoms with Gasteiger partial charge in [0.1, 0.15) is 6.04 Å². The topological polar surface area (TPSA) is 99.3 Å². The molecular weight excluding hydrogens is 236 g/mol. The fourth-order valence-corrected chi connectivity index (χ4v) is 1.49. The van der Waals surface area contributed by atoms with Gasteiger partial charge in [0.05, 0.1) is 5.56 Å². The van der Waals surface area contributed by atoms with Crippen molar-refractivity contribution in [3.63, 3.8) is 0 Å². The van der Waals surface area contributed by atoms with E-state index in [9.17, 15) is 14.4 Å². The van der Waals surface area contributed by atoms with Crippen LogP contribution in [0.5, 0.6) is 0 Å². The number of carboxylic acids is 1. The van der Waals surface area contributed by atoms with E-state index >= 15 is 0 Å². The Bertz CT molecular complexity index is 473. The first-order valence-electron chi connectivity index (χ1n) is 5.62. The quantitative estimate of drug-likeness (QED) is 0.714. The van der Waals surface area contributed by atoms with Crippen LogP contribution in [-0.4, -0.2) is 28.0 Å². The van der Waals surface area contributed by atoms with E-state index in [1.807, 2.05) is 13.8 Å². The molecule has 6 heteroatoms. The van der Waals surface area contributed by atoms with E-state index in [-0.39, 0.29) is 17.0 Å². The van der Waals surface area contributed by atoms with Crippen molar-refractivity contribution in [2.24, 2.45) is 5.92 Å². The highest BCUT2D eigenvalue weighted by molar-refractivity contribution is 5.96. The van der Waals surface area contributed by atoms with Crippen molar-refractivity contribution in [1.82, 2.24) is 10.3 Å². The Morgan fingerprint density at radius 2 is 2.06 bits per heavy atom. The number of hydrogen-bond acceptors (Lipinski definition) is 3. The molecule has 0 bridgehead atoms. The molecular formula is C12H16N2O4. The van der Waals surface area contributed by atoms with Crippen LogP contribution in [0, 0.1) is 5.92 Å². The molecule has 0 spiro atoms. The Morgan fingerprint density at radius 1 is 1.39 bits per heavy atom. The summed E-state index contributed by atoms with van der Waals surface area (Å²) in [4.78, 5) is 35.9. The molecule has 1 rings (SSSR count). The highest BCUT2D eigenvalue weighted by Crippen LogP contribution is 2.06. The maximum absolute atomic E-state index is 11.8. The first kappa shape index (κ1) is 14.0. The van der Waals surface area contributed by atoms with Crippen molar-refractivity contribution in [3.8, 4) is 0 Å². The fraction of sp³-hybridized carbons (Fsp3) is 0.417. The van der Waals surface area contributed by atoms with E-state index in [0.717, 1.165) is 0 Å². The van der Waals surface area contributed by atoms with Crippen molar-refractivity contribution in [3.05, 3.63) is 34.2 Å². The van der Waals surface area contributed by atoms with E-state index in [0.29, 0.717) is 6.42 Å². The van der Waals surface area contributed by atoms with Gasteiger partial charge in [-0.1, -0.05) is 13.8 Å². The highest BCUT2D eigenvalue weighted by Gasteiger charge is 2.21. The van der Waals surface area contributed by atoms with Gasteiger partial charge >= 0.3 is 5.97 Å². The average molecular weight is 252 g/mol. The molecule has 0 radical (unpaired) electrons. The SMILES string of the molecule is CC(C)CC(NC(=O)c1ccc(=O)[nH]c1)C(=O)O. The molecule has 0 aliphatic rings. The predicted octanol–water partition coefficient (Wildman–Crippen LogP) is 0.604. The average Bonchev–Trinajstić information content (AvgIpc) is 2.28. The lowest BCUT2D eigenvalue weighted by Crippen LogP contribution is -2.41. The number of carboxylic acid groups (broad SMARTS) is 1. The van der Waals surface area contributed by atoms with Crippen LogP contribution >= 0.6 is 0 Å². The molecule has 0 saturated carbocycles. The van der Waals surface area contributed by atoms with Crippen LogP contribution in [0.25, 0.3) is 0 Å². The van der Waals surface area contributed by atoms with Gasteiger partial charge in [-0.05, 0) is 18.4 Å². The Hall–Kier alpha value is -2.11. The van der Waals surface area contributed by atoms with E-state index in [1.165, 1.54) is 18.3 Å². The third-order valence-corrected chi connectivity index (χ3v) is 2.36. The lowest BCUT2D eigenvalue weighted by Gasteiger charge is -2.16. The Kier molecular flexibility index (Phi) is 4.65. The van der Waals surface area contributed by atoms with Gasteiger partial charge in [0.2, 0.25) is 5.56 Å². The number of aromatic nitrogens is 1. The summed E-state index contributed by atoms with van der Waals surface area (Å²) in [5.41, 5.74) is -0.0897. The van der Waals surface area contributed by atoms with Crippen molar-refractivity contribution >= 4 is 11.9 Å². The summed E-state index contributed by atoms with van der Waals surface area (Å²) in [5.74, 6) is -1.43. The van der Waals surface area contributed by atoms with Crippen molar-refractivity contribution < 1.29 is 14.7 Å². The molecule has 1 aromatic rings. The summed E-state index contributed by atoms with van der Waals surface area (Å²) in [6.45, 7) is 3.75. The summed E-state index contributed by atoms with van der Waals surface area (Å²) < 4.78 is 0. The van der Waals surface area contributed by atoms with Gasteiger partial charge in [-0.3, -0.25) is 9.59 Å². The second-order valence-electron chi connectivity index (χ2n) is 4.44. The third-order valence-electron chi connectivity index (χ3n) is 2.36. The molecule has 0 aliphatic carbocycles. The Balaban J connectivity index is 2.75. The standard InChI is InChI=1S/C12H16N2O4/c1-7(2)5-9(12(17)18)14-11(16)8-3-4-10(15)13-6-8/h3-4,6-7,9H,5H2,1-2H3,(H,13,15)(H,14,16)(H,17,18). The largest absolute Gasteiger partial charge is 0.480 e. The first-order valence-corrected chi connectivity index (χ1v) is 5.62. The Labute approximate surface area is 104 Å². The number of rotatable bonds is 5. The lowest BCUT2D eigenvalue weighted by atomic mass is 10.0. The van der Waals surface area contributed by atoms with Gasteiger partial charge in [0, 0.05) is 12.3 Å². The number of aromatic amines is 1. The number of carbonyl (C=O) groups is 2. The minimum Gasteiger partial charge on any atom is -0.480 e. The number of carbonyl (C=O) groups excluding carboxylic acids is 1. The molecule has 18 heavy (non-hydrogen) atoms. The van der Waals surface area contributed by atoms with Gasteiger partial charge in [0.15, 0.2) is 0 Å². The van der Waals surface area contributed by atoms with Crippen molar-refractivity contribution in [2.75, 3.05) is 0 Å². The molecule has 3 N–H and O–H groups in total. The zero-order chi connectivity index (χ0) is 13.7. The van der Waals surface area contributed by atoms with Crippen LogP contribution in [0.3, 0.4) is 0 Å². The van der Waals surface area contributed by atoms with Crippen LogP contribution in [0.15, 0.2) is 23.1 Å². The van der Waals surface area contributed by atoms with Gasteiger partial charge in [-0.2, -0.15) is 0 Å². The van der Waals surface area contributed by atoms with Gasteiger partial charge in [0.25, 0.3) is 5.91 Å². The molecule has 1 atom stereocenters. The number of nitrogens with one attached hydrogen (secondary N) is 2. The summed E-state index contributed by atoms with van der Waals surface area (Å²) in [5, 5.41) is 11.4. The van der Waals surface area contributed by atoms with Crippen LogP contribution in [-0.2, 0) is 4.79 Å². The first-order chi connectivity index (χ1) is 8.40. The second kappa shape index (κ2) is 6.00. The number of H-pyrrole nitrogens is 1. The van der Waals surface area contributed by atoms with Crippen molar-refractivity contribution in [2.45, 2.75) is 26.3 Å². The molecule has 0 fully saturated rings. The zero-order valence-electron chi connectivity index (χ0n) is 10.3.